The zero-order valence-corrected chi connectivity index (χ0v) is 22.2. The van der Waals surface area contributed by atoms with Crippen LogP contribution >= 0.6 is 0 Å². The van der Waals surface area contributed by atoms with E-state index in [0.29, 0.717) is 47.3 Å². The number of amides is 1. The van der Waals surface area contributed by atoms with Crippen LogP contribution in [0.4, 0.5) is 5.69 Å². The van der Waals surface area contributed by atoms with Crippen LogP contribution in [0.15, 0.2) is 71.9 Å². The van der Waals surface area contributed by atoms with Crippen molar-refractivity contribution >= 4 is 34.8 Å². The van der Waals surface area contributed by atoms with Crippen molar-refractivity contribution in [3.05, 3.63) is 89.3 Å². The molecule has 9 nitrogen and oxygen atoms in total. The number of fused-ring (bicyclic) bond motifs is 2. The summed E-state index contributed by atoms with van der Waals surface area (Å²) in [6.45, 7) is 0.434. The number of aromatic nitrogens is 2. The Morgan fingerprint density at radius 3 is 2.71 bits per heavy atom. The standard InChI is InChI=1S/C32H28N4O5/c37-17-25-21(22-10-11-33-30-24(22)15-27(35-30)26-9-7-20(16-34-26)32(39)40)2-1-3-28(25)36-12-13-41-29-14-19(18-4-5-18)6-8-23(29)31(36)38/h1-3,6-11,14-16,18,20,26,37H,4-5,12-13,17H2,(H,33,35)(H,39,40). The summed E-state index contributed by atoms with van der Waals surface area (Å²) in [7, 11) is 0. The summed E-state index contributed by atoms with van der Waals surface area (Å²) in [4.78, 5) is 39.0. The Kier molecular flexibility index (Phi) is 6.16. The van der Waals surface area contributed by atoms with Gasteiger partial charge in [0.15, 0.2) is 0 Å². The van der Waals surface area contributed by atoms with Crippen molar-refractivity contribution in [2.45, 2.75) is 31.4 Å². The van der Waals surface area contributed by atoms with E-state index in [1.807, 2.05) is 48.5 Å². The Morgan fingerprint density at radius 2 is 1.95 bits per heavy atom. The lowest BCUT2D eigenvalue weighted by Crippen LogP contribution is -2.33. The summed E-state index contributed by atoms with van der Waals surface area (Å²) in [6.07, 6.45) is 8.87. The van der Waals surface area contributed by atoms with Crippen molar-refractivity contribution in [2.75, 3.05) is 18.1 Å². The van der Waals surface area contributed by atoms with Crippen LogP contribution in [0.1, 0.15) is 52.0 Å². The first-order chi connectivity index (χ1) is 20.0. The maximum Gasteiger partial charge on any atom is 0.315 e. The lowest BCUT2D eigenvalue weighted by molar-refractivity contribution is -0.137. The van der Waals surface area contributed by atoms with E-state index in [1.165, 1.54) is 24.6 Å². The number of carbonyl (C=O) groups is 2. The molecule has 206 valence electrons. The molecule has 4 aromatic rings. The molecule has 2 unspecified atom stereocenters. The number of dihydropyridines is 1. The molecule has 4 heterocycles. The largest absolute Gasteiger partial charge is 0.491 e. The molecule has 0 bridgehead atoms. The summed E-state index contributed by atoms with van der Waals surface area (Å²) in [5.74, 6) is -0.657. The van der Waals surface area contributed by atoms with Crippen molar-refractivity contribution in [3.8, 4) is 16.9 Å². The Bertz CT molecular complexity index is 1740. The van der Waals surface area contributed by atoms with Crippen molar-refractivity contribution in [3.63, 3.8) is 0 Å². The van der Waals surface area contributed by atoms with Gasteiger partial charge in [0.1, 0.15) is 30.0 Å². The maximum absolute atomic E-state index is 13.8. The molecular weight excluding hydrogens is 520 g/mol. The topological polar surface area (TPSA) is 128 Å². The summed E-state index contributed by atoms with van der Waals surface area (Å²) < 4.78 is 6.03. The number of carboxylic acid groups (broad SMARTS) is 1. The van der Waals surface area contributed by atoms with Gasteiger partial charge in [0.2, 0.25) is 0 Å². The van der Waals surface area contributed by atoms with Crippen LogP contribution < -0.4 is 9.64 Å². The molecule has 2 aliphatic heterocycles. The summed E-state index contributed by atoms with van der Waals surface area (Å²) in [5, 5.41) is 20.7. The van der Waals surface area contributed by atoms with E-state index in [-0.39, 0.29) is 18.6 Å². The van der Waals surface area contributed by atoms with Crippen LogP contribution in [0.3, 0.4) is 0 Å². The van der Waals surface area contributed by atoms with Gasteiger partial charge in [-0.3, -0.25) is 14.6 Å². The Morgan fingerprint density at radius 1 is 1.07 bits per heavy atom. The molecular formula is C32H28N4O5. The molecule has 7 rings (SSSR count). The van der Waals surface area contributed by atoms with Crippen LogP contribution in [-0.4, -0.2) is 51.4 Å². The van der Waals surface area contributed by atoms with Gasteiger partial charge in [0.25, 0.3) is 5.91 Å². The number of H-pyrrole nitrogens is 1. The highest BCUT2D eigenvalue weighted by molar-refractivity contribution is 6.09. The third-order valence-corrected chi connectivity index (χ3v) is 8.06. The van der Waals surface area contributed by atoms with E-state index >= 15 is 0 Å². The quantitative estimate of drug-likeness (QED) is 0.290. The second kappa shape index (κ2) is 10.0. The number of rotatable bonds is 6. The second-order valence-corrected chi connectivity index (χ2v) is 10.6. The minimum absolute atomic E-state index is 0.155. The molecule has 0 saturated heterocycles. The first kappa shape index (κ1) is 25.2. The van der Waals surface area contributed by atoms with E-state index in [0.717, 1.165) is 22.2 Å². The second-order valence-electron chi connectivity index (χ2n) is 10.6. The van der Waals surface area contributed by atoms with Crippen LogP contribution in [-0.2, 0) is 11.4 Å². The number of hydrogen-bond acceptors (Lipinski definition) is 6. The van der Waals surface area contributed by atoms with Crippen molar-refractivity contribution in [1.29, 1.82) is 0 Å². The first-order valence-electron chi connectivity index (χ1n) is 13.8. The third kappa shape index (κ3) is 4.48. The van der Waals surface area contributed by atoms with Crippen LogP contribution in [0.5, 0.6) is 5.75 Å². The molecule has 0 radical (unpaired) electrons. The number of pyridine rings is 1. The van der Waals surface area contributed by atoms with Gasteiger partial charge in [-0.05, 0) is 65.8 Å². The third-order valence-electron chi connectivity index (χ3n) is 8.06. The smallest absolute Gasteiger partial charge is 0.315 e. The zero-order valence-electron chi connectivity index (χ0n) is 22.2. The monoisotopic (exact) mass is 548 g/mol. The minimum atomic E-state index is -0.943. The van der Waals surface area contributed by atoms with Crippen LogP contribution in [0.2, 0.25) is 0 Å². The SMILES string of the molecule is O=C(O)C1C=CC(c2cc3c(-c4cccc(N5CCOc6cc(C7CC7)ccc6C5=O)c4CO)ccnc3[nH]2)N=C1. The number of aromatic amines is 1. The molecule has 1 amide bonds. The van der Waals surface area contributed by atoms with Crippen molar-refractivity contribution in [1.82, 2.24) is 9.97 Å². The lowest BCUT2D eigenvalue weighted by atomic mass is 9.96. The molecule has 9 heteroatoms. The average molecular weight is 549 g/mol. The highest BCUT2D eigenvalue weighted by atomic mass is 16.5. The number of nitrogens with one attached hydrogen (secondary N) is 1. The van der Waals surface area contributed by atoms with Gasteiger partial charge >= 0.3 is 5.97 Å². The number of benzene rings is 2. The van der Waals surface area contributed by atoms with Crippen LogP contribution in [0.25, 0.3) is 22.2 Å². The van der Waals surface area contributed by atoms with E-state index < -0.39 is 11.9 Å². The zero-order chi connectivity index (χ0) is 28.1. The fraction of sp³-hybridized carbons (Fsp3) is 0.250. The molecule has 1 saturated carbocycles. The number of aliphatic hydroxyl groups is 1. The van der Waals surface area contributed by atoms with E-state index in [4.69, 9.17) is 4.74 Å². The minimum Gasteiger partial charge on any atom is -0.491 e. The Labute approximate surface area is 235 Å². The van der Waals surface area contributed by atoms with Gasteiger partial charge in [-0.1, -0.05) is 30.4 Å². The van der Waals surface area contributed by atoms with Gasteiger partial charge in [-0.2, -0.15) is 0 Å². The molecule has 1 aliphatic carbocycles. The number of anilines is 1. The predicted octanol–water partition coefficient (Wildman–Crippen LogP) is 5.02. The number of aliphatic carboxylic acids is 1. The number of hydrogen-bond donors (Lipinski definition) is 3. The van der Waals surface area contributed by atoms with E-state index in [2.05, 4.69) is 15.0 Å². The Balaban J connectivity index is 1.26. The normalized spacial score (nSPS) is 20.1. The number of carbonyl (C=O) groups excluding carboxylic acids is 1. The van der Waals surface area contributed by atoms with Gasteiger partial charge in [-0.15, -0.1) is 0 Å². The maximum atomic E-state index is 13.8. The van der Waals surface area contributed by atoms with E-state index in [9.17, 15) is 19.8 Å². The number of ether oxygens (including phenoxy) is 1. The van der Waals surface area contributed by atoms with Crippen molar-refractivity contribution in [2.24, 2.45) is 10.9 Å². The molecule has 3 aliphatic rings. The molecule has 2 aromatic carbocycles. The molecule has 0 spiro atoms. The first-order valence-corrected chi connectivity index (χ1v) is 13.8. The fourth-order valence-corrected chi connectivity index (χ4v) is 5.76. The highest BCUT2D eigenvalue weighted by Gasteiger charge is 2.30. The molecule has 1 fully saturated rings. The van der Waals surface area contributed by atoms with Crippen LogP contribution in [0, 0.1) is 5.92 Å². The summed E-state index contributed by atoms with van der Waals surface area (Å²) in [5.41, 5.74) is 6.07. The predicted molar refractivity (Wildman–Crippen MR) is 155 cm³/mol. The highest BCUT2D eigenvalue weighted by Crippen LogP contribution is 2.43. The van der Waals surface area contributed by atoms with Gasteiger partial charge in [0.05, 0.1) is 24.4 Å². The number of aliphatic imine (C=N–C) groups is 1. The lowest BCUT2D eigenvalue weighted by Gasteiger charge is -2.24. The number of nitrogens with zero attached hydrogens (tertiary/aromatic N) is 3. The summed E-state index contributed by atoms with van der Waals surface area (Å²) >= 11 is 0. The Hall–Kier alpha value is -4.76. The average Bonchev–Trinajstić information content (AvgIpc) is 3.78. The van der Waals surface area contributed by atoms with Gasteiger partial charge in [-0.25, -0.2) is 4.98 Å². The van der Waals surface area contributed by atoms with Gasteiger partial charge < -0.3 is 24.8 Å². The molecule has 3 N–H and O–H groups in total. The van der Waals surface area contributed by atoms with E-state index in [1.54, 1.807) is 23.2 Å². The van der Waals surface area contributed by atoms with Gasteiger partial charge in [0, 0.05) is 29.1 Å². The van der Waals surface area contributed by atoms with Crippen molar-refractivity contribution < 1.29 is 24.5 Å². The fourth-order valence-electron chi connectivity index (χ4n) is 5.76. The molecule has 2 aromatic heterocycles. The molecule has 41 heavy (non-hydrogen) atoms. The summed E-state index contributed by atoms with van der Waals surface area (Å²) in [6, 6.07) is 15.1. The number of aliphatic hydroxyl groups excluding tert-OH is 1. The molecule has 2 atom stereocenters. The number of carboxylic acids is 1.